The van der Waals surface area contributed by atoms with Crippen molar-refractivity contribution in [1.82, 2.24) is 5.32 Å². The number of nitrogens with one attached hydrogen (secondary N) is 1. The molecule has 0 unspecified atom stereocenters. The van der Waals surface area contributed by atoms with Crippen LogP contribution in [0.4, 0.5) is 0 Å². The molecule has 0 heterocycles. The van der Waals surface area contributed by atoms with Gasteiger partial charge in [-0.1, -0.05) is 32.0 Å². The van der Waals surface area contributed by atoms with E-state index in [9.17, 15) is 4.79 Å². The molecule has 0 aliphatic rings. The van der Waals surface area contributed by atoms with Gasteiger partial charge in [0.1, 0.15) is 5.75 Å². The number of hydrogen-bond donors (Lipinski definition) is 2. The predicted octanol–water partition coefficient (Wildman–Crippen LogP) is 2.90. The molecule has 0 radical (unpaired) electrons. The summed E-state index contributed by atoms with van der Waals surface area (Å²) in [5.41, 5.74) is 5.52. The number of ether oxygens (including phenoxy) is 1. The number of carbonyl (C=O) groups is 1. The summed E-state index contributed by atoms with van der Waals surface area (Å²) < 4.78 is 5.56. The van der Waals surface area contributed by atoms with E-state index >= 15 is 0 Å². The van der Waals surface area contributed by atoms with Crippen LogP contribution in [0.25, 0.3) is 0 Å². The van der Waals surface area contributed by atoms with Crippen molar-refractivity contribution in [1.29, 1.82) is 0 Å². The van der Waals surface area contributed by atoms with Crippen molar-refractivity contribution in [2.24, 2.45) is 5.73 Å². The first kappa shape index (κ1) is 19.7. The lowest BCUT2D eigenvalue weighted by molar-refractivity contribution is -0.123. The Morgan fingerprint density at radius 3 is 2.38 bits per heavy atom. The fourth-order valence-corrected chi connectivity index (χ4v) is 2.06. The van der Waals surface area contributed by atoms with E-state index in [-0.39, 0.29) is 23.9 Å². The monoisotopic (exact) mass is 314 g/mol. The zero-order valence-electron chi connectivity index (χ0n) is 12.9. The van der Waals surface area contributed by atoms with E-state index in [0.29, 0.717) is 26.0 Å². The molecule has 0 aromatic heterocycles. The third-order valence-corrected chi connectivity index (χ3v) is 3.71. The zero-order valence-corrected chi connectivity index (χ0v) is 13.7. The van der Waals surface area contributed by atoms with Crippen LogP contribution in [0, 0.1) is 0 Å². The Labute approximate surface area is 133 Å². The van der Waals surface area contributed by atoms with Crippen LogP contribution in [-0.4, -0.2) is 24.6 Å². The molecule has 0 saturated carbocycles. The Bertz CT molecular complexity index is 386. The van der Waals surface area contributed by atoms with Crippen molar-refractivity contribution in [3.8, 4) is 5.75 Å². The number of halogens is 1. The molecule has 0 spiro atoms. The fourth-order valence-electron chi connectivity index (χ4n) is 2.06. The van der Waals surface area contributed by atoms with Crippen molar-refractivity contribution in [2.75, 3.05) is 13.2 Å². The van der Waals surface area contributed by atoms with E-state index in [0.717, 1.165) is 18.6 Å². The largest absolute Gasteiger partial charge is 0.494 e. The number of rotatable bonds is 9. The van der Waals surface area contributed by atoms with Gasteiger partial charge in [-0.15, -0.1) is 12.4 Å². The molecular weight excluding hydrogens is 288 g/mol. The minimum Gasteiger partial charge on any atom is -0.494 e. The lowest BCUT2D eigenvalue weighted by Crippen LogP contribution is -2.52. The molecule has 120 valence electrons. The molecule has 0 atom stereocenters. The Morgan fingerprint density at radius 1 is 1.24 bits per heavy atom. The SMILES string of the molecule is CCC(CC)(CN)NC(=O)CCCOc1ccccc1.Cl. The molecule has 4 nitrogen and oxygen atoms in total. The number of para-hydroxylation sites is 1. The van der Waals surface area contributed by atoms with Crippen LogP contribution < -0.4 is 15.8 Å². The van der Waals surface area contributed by atoms with Crippen LogP contribution in [0.15, 0.2) is 30.3 Å². The maximum Gasteiger partial charge on any atom is 0.220 e. The molecule has 1 amide bonds. The maximum atomic E-state index is 11.9. The molecule has 3 N–H and O–H groups in total. The van der Waals surface area contributed by atoms with Gasteiger partial charge < -0.3 is 15.8 Å². The molecule has 1 rings (SSSR count). The number of nitrogens with two attached hydrogens (primary N) is 1. The summed E-state index contributed by atoms with van der Waals surface area (Å²) in [4.78, 5) is 11.9. The molecule has 0 bridgehead atoms. The molecule has 0 aliphatic heterocycles. The van der Waals surface area contributed by atoms with Crippen molar-refractivity contribution < 1.29 is 9.53 Å². The van der Waals surface area contributed by atoms with Gasteiger partial charge in [-0.3, -0.25) is 4.79 Å². The van der Waals surface area contributed by atoms with Crippen molar-refractivity contribution in [3.63, 3.8) is 0 Å². The number of hydrogen-bond acceptors (Lipinski definition) is 3. The van der Waals surface area contributed by atoms with E-state index in [2.05, 4.69) is 19.2 Å². The molecular formula is C16H27ClN2O2. The second kappa shape index (κ2) is 10.5. The van der Waals surface area contributed by atoms with Crippen LogP contribution in [0.2, 0.25) is 0 Å². The van der Waals surface area contributed by atoms with Gasteiger partial charge in [0.25, 0.3) is 0 Å². The molecule has 0 fully saturated rings. The second-order valence-corrected chi connectivity index (χ2v) is 5.00. The van der Waals surface area contributed by atoms with E-state index in [4.69, 9.17) is 10.5 Å². The highest BCUT2D eigenvalue weighted by atomic mass is 35.5. The quantitative estimate of drug-likeness (QED) is 0.689. The molecule has 1 aromatic carbocycles. The first-order valence-electron chi connectivity index (χ1n) is 7.34. The first-order valence-corrected chi connectivity index (χ1v) is 7.34. The van der Waals surface area contributed by atoms with E-state index < -0.39 is 0 Å². The number of carbonyl (C=O) groups excluding carboxylic acids is 1. The van der Waals surface area contributed by atoms with Crippen LogP contribution in [0.5, 0.6) is 5.75 Å². The van der Waals surface area contributed by atoms with Gasteiger partial charge in [-0.25, -0.2) is 0 Å². The van der Waals surface area contributed by atoms with Crippen molar-refractivity contribution in [3.05, 3.63) is 30.3 Å². The molecule has 21 heavy (non-hydrogen) atoms. The molecule has 1 aromatic rings. The number of amides is 1. The minimum atomic E-state index is -0.253. The van der Waals surface area contributed by atoms with E-state index in [1.165, 1.54) is 0 Å². The van der Waals surface area contributed by atoms with Crippen LogP contribution >= 0.6 is 12.4 Å². The van der Waals surface area contributed by atoms with Gasteiger partial charge in [-0.05, 0) is 31.4 Å². The third kappa shape index (κ3) is 6.82. The highest BCUT2D eigenvalue weighted by Gasteiger charge is 2.25. The summed E-state index contributed by atoms with van der Waals surface area (Å²) in [6, 6.07) is 9.63. The zero-order chi connectivity index (χ0) is 14.8. The van der Waals surface area contributed by atoms with Gasteiger partial charge >= 0.3 is 0 Å². The van der Waals surface area contributed by atoms with E-state index in [1.807, 2.05) is 30.3 Å². The lowest BCUT2D eigenvalue weighted by atomic mass is 9.92. The van der Waals surface area contributed by atoms with Gasteiger partial charge in [0.15, 0.2) is 0 Å². The average molecular weight is 315 g/mol. The standard InChI is InChI=1S/C16H26N2O2.ClH/c1-3-16(4-2,13-17)18-15(19)11-8-12-20-14-9-6-5-7-10-14;/h5-7,9-10H,3-4,8,11-13,17H2,1-2H3,(H,18,19);1H. The van der Waals surface area contributed by atoms with Gasteiger partial charge in [-0.2, -0.15) is 0 Å². The highest BCUT2D eigenvalue weighted by molar-refractivity contribution is 5.85. The Balaban J connectivity index is 0.00000400. The molecule has 0 saturated heterocycles. The molecule has 0 aliphatic carbocycles. The molecule has 5 heteroatoms. The minimum absolute atomic E-state index is 0. The average Bonchev–Trinajstić information content (AvgIpc) is 2.50. The number of benzene rings is 1. The van der Waals surface area contributed by atoms with Crippen LogP contribution in [-0.2, 0) is 4.79 Å². The summed E-state index contributed by atoms with van der Waals surface area (Å²) in [5, 5.41) is 3.06. The summed E-state index contributed by atoms with van der Waals surface area (Å²) in [5.74, 6) is 0.891. The van der Waals surface area contributed by atoms with Gasteiger partial charge in [0.05, 0.1) is 12.1 Å². The highest BCUT2D eigenvalue weighted by Crippen LogP contribution is 2.14. The summed E-state index contributed by atoms with van der Waals surface area (Å²) in [6.07, 6.45) is 2.88. The fraction of sp³-hybridized carbons (Fsp3) is 0.562. The Morgan fingerprint density at radius 2 is 1.86 bits per heavy atom. The van der Waals surface area contributed by atoms with Crippen LogP contribution in [0.3, 0.4) is 0 Å². The predicted molar refractivity (Wildman–Crippen MR) is 88.9 cm³/mol. The summed E-state index contributed by atoms with van der Waals surface area (Å²) in [6.45, 7) is 5.13. The smallest absolute Gasteiger partial charge is 0.220 e. The lowest BCUT2D eigenvalue weighted by Gasteiger charge is -2.31. The van der Waals surface area contributed by atoms with E-state index in [1.54, 1.807) is 0 Å². The van der Waals surface area contributed by atoms with Crippen LogP contribution in [0.1, 0.15) is 39.5 Å². The maximum absolute atomic E-state index is 11.9. The van der Waals surface area contributed by atoms with Crippen molar-refractivity contribution >= 4 is 18.3 Å². The van der Waals surface area contributed by atoms with Crippen molar-refractivity contribution in [2.45, 2.75) is 45.1 Å². The Hall–Kier alpha value is -1.26. The first-order chi connectivity index (χ1) is 9.65. The summed E-state index contributed by atoms with van der Waals surface area (Å²) >= 11 is 0. The summed E-state index contributed by atoms with van der Waals surface area (Å²) in [7, 11) is 0. The van der Waals surface area contributed by atoms with Gasteiger partial charge in [0.2, 0.25) is 5.91 Å². The normalized spacial score (nSPS) is 10.6. The third-order valence-electron chi connectivity index (χ3n) is 3.71. The Kier molecular flexibility index (Phi) is 9.84. The topological polar surface area (TPSA) is 64.3 Å². The second-order valence-electron chi connectivity index (χ2n) is 5.00. The van der Waals surface area contributed by atoms with Gasteiger partial charge in [0, 0.05) is 13.0 Å².